The van der Waals surface area contributed by atoms with Gasteiger partial charge in [0.15, 0.2) is 5.76 Å². The van der Waals surface area contributed by atoms with Crippen LogP contribution in [0.1, 0.15) is 56.7 Å². The molecule has 3 aromatic rings. The number of piperidine rings is 1. The number of nitrogens with one attached hydrogen (secondary N) is 2. The van der Waals surface area contributed by atoms with Gasteiger partial charge in [-0.1, -0.05) is 24.8 Å². The van der Waals surface area contributed by atoms with E-state index in [9.17, 15) is 18.0 Å². The molecule has 0 aliphatic carbocycles. The highest BCUT2D eigenvalue weighted by Crippen LogP contribution is 2.42. The first-order chi connectivity index (χ1) is 17.3. The first-order valence-electron chi connectivity index (χ1n) is 12.1. The van der Waals surface area contributed by atoms with Gasteiger partial charge in [-0.15, -0.1) is 0 Å². The Balaban J connectivity index is 1.55. The number of aryl methyl sites for hydroxylation is 1. The minimum Gasteiger partial charge on any atom is -0.451 e. The van der Waals surface area contributed by atoms with Crippen LogP contribution in [0, 0.1) is 6.92 Å². The number of fused-ring (bicyclic) bond motifs is 1. The first-order valence-corrected chi connectivity index (χ1v) is 13.6. The van der Waals surface area contributed by atoms with E-state index in [0.717, 1.165) is 10.9 Å². The van der Waals surface area contributed by atoms with Crippen LogP contribution in [0.2, 0.25) is 0 Å². The van der Waals surface area contributed by atoms with Crippen molar-refractivity contribution in [2.75, 3.05) is 5.32 Å². The molecule has 1 fully saturated rings. The summed E-state index contributed by atoms with van der Waals surface area (Å²) in [6.45, 7) is 12.8. The molecule has 1 aliphatic rings. The van der Waals surface area contributed by atoms with Crippen molar-refractivity contribution in [2.45, 2.75) is 69.5 Å². The maximum absolute atomic E-state index is 13.8. The number of amides is 2. The number of anilines is 1. The fourth-order valence-electron chi connectivity index (χ4n) is 5.67. The van der Waals surface area contributed by atoms with Crippen molar-refractivity contribution in [3.63, 3.8) is 0 Å². The molecule has 0 unspecified atom stereocenters. The summed E-state index contributed by atoms with van der Waals surface area (Å²) in [6, 6.07) is 13.4. The van der Waals surface area contributed by atoms with Crippen molar-refractivity contribution in [1.29, 1.82) is 0 Å². The summed E-state index contributed by atoms with van der Waals surface area (Å²) < 4.78 is 34.9. The van der Waals surface area contributed by atoms with Crippen LogP contribution in [-0.2, 0) is 14.8 Å². The Labute approximate surface area is 217 Å². The van der Waals surface area contributed by atoms with Crippen molar-refractivity contribution in [3.05, 3.63) is 72.5 Å². The van der Waals surface area contributed by atoms with Crippen LogP contribution in [0.25, 0.3) is 11.0 Å². The number of carbonyl (C=O) groups is 2. The quantitative estimate of drug-likeness (QED) is 0.442. The van der Waals surface area contributed by atoms with E-state index in [1.165, 1.54) is 22.5 Å². The lowest BCUT2D eigenvalue weighted by Crippen LogP contribution is -2.65. The Morgan fingerprint density at radius 2 is 1.62 bits per heavy atom. The van der Waals surface area contributed by atoms with Crippen molar-refractivity contribution in [2.24, 2.45) is 0 Å². The zero-order valence-electron chi connectivity index (χ0n) is 21.8. The number of rotatable bonds is 6. The zero-order valence-corrected chi connectivity index (χ0v) is 22.6. The highest BCUT2D eigenvalue weighted by atomic mass is 32.2. The summed E-state index contributed by atoms with van der Waals surface area (Å²) in [5.74, 6) is -0.466. The summed E-state index contributed by atoms with van der Waals surface area (Å²) in [5, 5.41) is 6.58. The molecule has 4 rings (SSSR count). The lowest BCUT2D eigenvalue weighted by Gasteiger charge is -2.53. The molecule has 1 aliphatic heterocycles. The fourth-order valence-corrected chi connectivity index (χ4v) is 7.81. The van der Waals surface area contributed by atoms with Crippen molar-refractivity contribution < 1.29 is 22.4 Å². The van der Waals surface area contributed by atoms with E-state index in [-0.39, 0.29) is 22.6 Å². The van der Waals surface area contributed by atoms with Gasteiger partial charge in [0.25, 0.3) is 5.91 Å². The number of carbonyl (C=O) groups excluding carboxylic acids is 2. The van der Waals surface area contributed by atoms with E-state index in [2.05, 4.69) is 17.2 Å². The lowest BCUT2D eigenvalue weighted by molar-refractivity contribution is -0.118. The predicted molar refractivity (Wildman–Crippen MR) is 144 cm³/mol. The summed E-state index contributed by atoms with van der Waals surface area (Å²) in [7, 11) is -3.89. The van der Waals surface area contributed by atoms with Gasteiger partial charge >= 0.3 is 0 Å². The normalized spacial score (nSPS) is 17.9. The van der Waals surface area contributed by atoms with Crippen LogP contribution < -0.4 is 10.6 Å². The third-order valence-corrected chi connectivity index (χ3v) is 9.16. The standard InChI is InChI=1S/C28H33N3O5S/c1-7-24(32)29-20-16-27(3,4)31(28(5,6)17-20)37(34,35)21-14-12-19(13-15-21)30-26(33)25-18(2)22-10-8-9-11-23(22)36-25/h7-15,20H,1,16-17H2,2-6H3,(H,29,32)(H,30,33). The second-order valence-electron chi connectivity index (χ2n) is 10.7. The van der Waals surface area contributed by atoms with Gasteiger partial charge in [0.2, 0.25) is 15.9 Å². The number of hydrogen-bond donors (Lipinski definition) is 2. The summed E-state index contributed by atoms with van der Waals surface area (Å²) in [6.07, 6.45) is 2.14. The molecular weight excluding hydrogens is 490 g/mol. The van der Waals surface area contributed by atoms with Crippen LogP contribution in [0.5, 0.6) is 0 Å². The number of furan rings is 1. The van der Waals surface area contributed by atoms with Gasteiger partial charge in [0, 0.05) is 33.8 Å². The molecule has 1 saturated heterocycles. The largest absolute Gasteiger partial charge is 0.451 e. The molecule has 0 bridgehead atoms. The van der Waals surface area contributed by atoms with E-state index in [0.29, 0.717) is 24.1 Å². The molecular formula is C28H33N3O5S. The summed E-state index contributed by atoms with van der Waals surface area (Å²) in [4.78, 5) is 24.9. The average molecular weight is 524 g/mol. The minimum absolute atomic E-state index is 0.125. The van der Waals surface area contributed by atoms with Gasteiger partial charge in [-0.25, -0.2) is 8.42 Å². The van der Waals surface area contributed by atoms with Crippen LogP contribution in [-0.4, -0.2) is 41.7 Å². The van der Waals surface area contributed by atoms with Crippen LogP contribution in [0.3, 0.4) is 0 Å². The van der Waals surface area contributed by atoms with E-state index in [4.69, 9.17) is 4.42 Å². The predicted octanol–water partition coefficient (Wildman–Crippen LogP) is 5.01. The monoisotopic (exact) mass is 523 g/mol. The third kappa shape index (κ3) is 5.06. The van der Waals surface area contributed by atoms with Gasteiger partial charge < -0.3 is 15.1 Å². The second-order valence-corrected chi connectivity index (χ2v) is 12.5. The smallest absolute Gasteiger partial charge is 0.291 e. The molecule has 9 heteroatoms. The number of hydrogen-bond acceptors (Lipinski definition) is 5. The van der Waals surface area contributed by atoms with E-state index >= 15 is 0 Å². The van der Waals surface area contributed by atoms with Gasteiger partial charge in [-0.05, 0) is 83.9 Å². The SMILES string of the molecule is C=CC(=O)NC1CC(C)(C)N(S(=O)(=O)c2ccc(NC(=O)c3oc4ccccc4c3C)cc2)C(C)(C)C1. The Bertz CT molecular complexity index is 1450. The number of benzene rings is 2. The molecule has 0 atom stereocenters. The summed E-state index contributed by atoms with van der Waals surface area (Å²) >= 11 is 0. The van der Waals surface area contributed by atoms with Crippen LogP contribution >= 0.6 is 0 Å². The zero-order chi connectivity index (χ0) is 27.2. The van der Waals surface area contributed by atoms with E-state index in [1.54, 1.807) is 18.2 Å². The number of nitrogens with zero attached hydrogens (tertiary/aromatic N) is 1. The van der Waals surface area contributed by atoms with Crippen molar-refractivity contribution >= 4 is 38.5 Å². The maximum Gasteiger partial charge on any atom is 0.291 e. The third-order valence-electron chi connectivity index (χ3n) is 6.82. The first kappa shape index (κ1) is 26.6. The molecule has 0 saturated carbocycles. The Morgan fingerprint density at radius 3 is 2.19 bits per heavy atom. The second kappa shape index (κ2) is 9.46. The van der Waals surface area contributed by atoms with Gasteiger partial charge in [-0.3, -0.25) is 9.59 Å². The molecule has 196 valence electrons. The Hall–Kier alpha value is -3.43. The van der Waals surface area contributed by atoms with Crippen molar-refractivity contribution in [3.8, 4) is 0 Å². The van der Waals surface area contributed by atoms with Gasteiger partial charge in [-0.2, -0.15) is 4.31 Å². The van der Waals surface area contributed by atoms with Gasteiger partial charge in [0.05, 0.1) is 4.90 Å². The van der Waals surface area contributed by atoms with E-state index in [1.807, 2.05) is 52.8 Å². The van der Waals surface area contributed by atoms with Crippen molar-refractivity contribution in [1.82, 2.24) is 9.62 Å². The van der Waals surface area contributed by atoms with E-state index < -0.39 is 27.0 Å². The Morgan fingerprint density at radius 1 is 1.03 bits per heavy atom. The molecule has 2 aromatic carbocycles. The molecule has 0 radical (unpaired) electrons. The number of para-hydroxylation sites is 1. The minimum atomic E-state index is -3.89. The molecule has 2 heterocycles. The molecule has 8 nitrogen and oxygen atoms in total. The molecule has 2 N–H and O–H groups in total. The highest BCUT2D eigenvalue weighted by Gasteiger charge is 2.51. The van der Waals surface area contributed by atoms with Gasteiger partial charge in [0.1, 0.15) is 5.58 Å². The highest BCUT2D eigenvalue weighted by molar-refractivity contribution is 7.89. The molecule has 1 aromatic heterocycles. The Kier molecular flexibility index (Phi) is 6.81. The fraction of sp³-hybridized carbons (Fsp3) is 0.357. The summed E-state index contributed by atoms with van der Waals surface area (Å²) in [5.41, 5.74) is 0.304. The maximum atomic E-state index is 13.8. The average Bonchev–Trinajstić information content (AvgIpc) is 3.14. The van der Waals surface area contributed by atoms with Crippen LogP contribution in [0.15, 0.2) is 70.5 Å². The lowest BCUT2D eigenvalue weighted by atomic mass is 9.79. The topological polar surface area (TPSA) is 109 Å². The molecule has 0 spiro atoms. The number of sulfonamides is 1. The van der Waals surface area contributed by atoms with Crippen LogP contribution in [0.4, 0.5) is 5.69 Å². The molecule has 2 amide bonds. The molecule has 37 heavy (non-hydrogen) atoms.